The molecular weight excluding hydrogens is 378 g/mol. The molecule has 1 saturated carbocycles. The summed E-state index contributed by atoms with van der Waals surface area (Å²) in [5.74, 6) is -0.228. The van der Waals surface area contributed by atoms with Crippen LogP contribution in [0.25, 0.3) is 11.4 Å². The second-order valence-corrected chi connectivity index (χ2v) is 8.06. The third-order valence-electron chi connectivity index (χ3n) is 5.85. The summed E-state index contributed by atoms with van der Waals surface area (Å²) < 4.78 is 1.76. The van der Waals surface area contributed by atoms with Gasteiger partial charge in [0, 0.05) is 25.1 Å². The summed E-state index contributed by atoms with van der Waals surface area (Å²) in [5, 5.41) is 17.3. The molecule has 2 atom stereocenters. The maximum Gasteiger partial charge on any atom is 0.270 e. The van der Waals surface area contributed by atoms with Crippen LogP contribution in [0, 0.1) is 13.8 Å². The van der Waals surface area contributed by atoms with Gasteiger partial charge in [-0.25, -0.2) is 4.98 Å². The van der Waals surface area contributed by atoms with Gasteiger partial charge < -0.3 is 10.4 Å². The minimum absolute atomic E-state index is 0.187. The third kappa shape index (κ3) is 4.26. The first kappa shape index (κ1) is 20.2. The maximum atomic E-state index is 12.7. The lowest BCUT2D eigenvalue weighted by molar-refractivity contribution is 0.0868. The molecule has 4 rings (SSSR count). The molecule has 0 unspecified atom stereocenters. The quantitative estimate of drug-likeness (QED) is 0.681. The van der Waals surface area contributed by atoms with E-state index in [1.165, 1.54) is 0 Å². The van der Waals surface area contributed by atoms with Crippen LogP contribution in [-0.2, 0) is 13.5 Å². The van der Waals surface area contributed by atoms with Gasteiger partial charge in [0.25, 0.3) is 5.91 Å². The normalized spacial score (nSPS) is 18.5. The molecule has 0 saturated heterocycles. The minimum Gasteiger partial charge on any atom is -0.391 e. The number of hydrogen-bond acceptors (Lipinski definition) is 5. The number of amides is 1. The van der Waals surface area contributed by atoms with Crippen LogP contribution in [0.1, 0.15) is 52.1 Å². The van der Waals surface area contributed by atoms with Crippen molar-refractivity contribution >= 4 is 5.91 Å². The highest BCUT2D eigenvalue weighted by molar-refractivity contribution is 5.92. The van der Waals surface area contributed by atoms with E-state index in [1.54, 1.807) is 4.68 Å². The van der Waals surface area contributed by atoms with E-state index in [1.807, 2.05) is 57.6 Å². The molecule has 1 amide bonds. The summed E-state index contributed by atoms with van der Waals surface area (Å²) in [5.41, 5.74) is 6.08. The second kappa shape index (κ2) is 8.36. The number of hydrogen-bond donors (Lipinski definition) is 2. The van der Waals surface area contributed by atoms with E-state index >= 15 is 0 Å². The Kier molecular flexibility index (Phi) is 5.63. The number of nitrogens with zero attached hydrogens (tertiary/aromatic N) is 4. The number of rotatable bonds is 5. The van der Waals surface area contributed by atoms with Crippen LogP contribution in [0.3, 0.4) is 0 Å². The van der Waals surface area contributed by atoms with Gasteiger partial charge in [-0.05, 0) is 74.4 Å². The topological polar surface area (TPSA) is 92.9 Å². The summed E-state index contributed by atoms with van der Waals surface area (Å²) >= 11 is 0. The van der Waals surface area contributed by atoms with Gasteiger partial charge in [-0.15, -0.1) is 0 Å². The van der Waals surface area contributed by atoms with Crippen molar-refractivity contribution in [2.45, 2.75) is 51.7 Å². The molecule has 3 heterocycles. The van der Waals surface area contributed by atoms with Crippen molar-refractivity contribution in [1.29, 1.82) is 0 Å². The number of nitrogens with one attached hydrogen (secondary N) is 1. The van der Waals surface area contributed by atoms with Crippen molar-refractivity contribution in [3.8, 4) is 11.4 Å². The zero-order valence-electron chi connectivity index (χ0n) is 17.6. The molecule has 0 aromatic carbocycles. The molecule has 1 aliphatic carbocycles. The smallest absolute Gasteiger partial charge is 0.270 e. The number of aryl methyl sites for hydroxylation is 2. The summed E-state index contributed by atoms with van der Waals surface area (Å²) in [6, 6.07) is 7.61. The molecule has 3 aromatic heterocycles. The van der Waals surface area contributed by atoms with Gasteiger partial charge in [-0.3, -0.25) is 14.5 Å². The Bertz CT molecular complexity index is 1060. The summed E-state index contributed by atoms with van der Waals surface area (Å²) in [6.45, 7) is 3.94. The van der Waals surface area contributed by atoms with Gasteiger partial charge in [-0.1, -0.05) is 6.07 Å². The first-order chi connectivity index (χ1) is 14.4. The average molecular weight is 406 g/mol. The highest BCUT2D eigenvalue weighted by Gasteiger charge is 2.27. The van der Waals surface area contributed by atoms with Gasteiger partial charge in [0.1, 0.15) is 11.4 Å². The summed E-state index contributed by atoms with van der Waals surface area (Å²) in [6.07, 6.45) is 6.41. The molecule has 0 aliphatic heterocycles. The standard InChI is InChI=1S/C23H27N5O2/c1-14-15(2)25-21(23(30)26-20-5-4-6-22(20)29)12-17(14)11-16-7-8-18(24-13-16)19-9-10-28(3)27-19/h7-10,12-13,20,22,29H,4-6,11H2,1-3H3,(H,26,30)/t20-,22-/m0/s1. The van der Waals surface area contributed by atoms with Crippen LogP contribution in [0.4, 0.5) is 0 Å². The van der Waals surface area contributed by atoms with Crippen molar-refractivity contribution in [2.75, 3.05) is 0 Å². The van der Waals surface area contributed by atoms with Crippen LogP contribution >= 0.6 is 0 Å². The van der Waals surface area contributed by atoms with Gasteiger partial charge in [0.2, 0.25) is 0 Å². The average Bonchev–Trinajstić information content (AvgIpc) is 3.34. The molecule has 156 valence electrons. The molecule has 0 spiro atoms. The zero-order valence-corrected chi connectivity index (χ0v) is 17.6. The van der Waals surface area contributed by atoms with E-state index in [4.69, 9.17) is 0 Å². The molecule has 3 aromatic rings. The van der Waals surface area contributed by atoms with E-state index in [0.717, 1.165) is 53.0 Å². The largest absolute Gasteiger partial charge is 0.391 e. The summed E-state index contributed by atoms with van der Waals surface area (Å²) in [7, 11) is 1.88. The lowest BCUT2D eigenvalue weighted by Crippen LogP contribution is -2.40. The fraction of sp³-hybridized carbons (Fsp3) is 0.391. The van der Waals surface area contributed by atoms with Crippen molar-refractivity contribution in [1.82, 2.24) is 25.1 Å². The third-order valence-corrected chi connectivity index (χ3v) is 5.85. The van der Waals surface area contributed by atoms with E-state index in [-0.39, 0.29) is 11.9 Å². The highest BCUT2D eigenvalue weighted by Crippen LogP contribution is 2.21. The number of pyridine rings is 2. The summed E-state index contributed by atoms with van der Waals surface area (Å²) in [4.78, 5) is 21.7. The Hall–Kier alpha value is -3.06. The number of carbonyl (C=O) groups excluding carboxylic acids is 1. The van der Waals surface area contributed by atoms with Crippen LogP contribution in [-0.4, -0.2) is 42.9 Å². The molecule has 7 heteroatoms. The van der Waals surface area contributed by atoms with Crippen LogP contribution in [0.15, 0.2) is 36.7 Å². The van der Waals surface area contributed by atoms with E-state index < -0.39 is 6.10 Å². The van der Waals surface area contributed by atoms with Crippen molar-refractivity contribution in [3.63, 3.8) is 0 Å². The zero-order chi connectivity index (χ0) is 21.3. The second-order valence-electron chi connectivity index (χ2n) is 8.06. The van der Waals surface area contributed by atoms with E-state index in [0.29, 0.717) is 12.1 Å². The SMILES string of the molecule is Cc1nc(C(=O)N[C@H]2CCC[C@@H]2O)cc(Cc2ccc(-c3ccn(C)n3)nc2)c1C. The highest BCUT2D eigenvalue weighted by atomic mass is 16.3. The molecule has 0 bridgehead atoms. The lowest BCUT2D eigenvalue weighted by atomic mass is 9.99. The lowest BCUT2D eigenvalue weighted by Gasteiger charge is -2.17. The van der Waals surface area contributed by atoms with Crippen molar-refractivity contribution in [2.24, 2.45) is 7.05 Å². The number of carbonyl (C=O) groups is 1. The molecule has 0 radical (unpaired) electrons. The molecule has 1 fully saturated rings. The minimum atomic E-state index is -0.469. The Balaban J connectivity index is 1.53. The van der Waals surface area contributed by atoms with Gasteiger partial charge >= 0.3 is 0 Å². The molecule has 7 nitrogen and oxygen atoms in total. The maximum absolute atomic E-state index is 12.7. The van der Waals surface area contributed by atoms with Crippen molar-refractivity contribution in [3.05, 3.63) is 64.7 Å². The Morgan fingerprint density at radius 3 is 2.70 bits per heavy atom. The van der Waals surface area contributed by atoms with Gasteiger partial charge in [0.05, 0.1) is 17.8 Å². The number of aliphatic hydroxyl groups is 1. The fourth-order valence-electron chi connectivity index (χ4n) is 3.91. The molecule has 1 aliphatic rings. The van der Waals surface area contributed by atoms with Crippen LogP contribution in [0.5, 0.6) is 0 Å². The molecular formula is C23H27N5O2. The van der Waals surface area contributed by atoms with E-state index in [9.17, 15) is 9.90 Å². The molecule has 30 heavy (non-hydrogen) atoms. The Labute approximate surface area is 176 Å². The molecule has 2 N–H and O–H groups in total. The van der Waals surface area contributed by atoms with Gasteiger partial charge in [-0.2, -0.15) is 5.10 Å². The van der Waals surface area contributed by atoms with Crippen LogP contribution in [0.2, 0.25) is 0 Å². The fourth-order valence-corrected chi connectivity index (χ4v) is 3.91. The van der Waals surface area contributed by atoms with Gasteiger partial charge in [0.15, 0.2) is 0 Å². The first-order valence-electron chi connectivity index (χ1n) is 10.3. The number of aromatic nitrogens is 4. The number of aliphatic hydroxyl groups excluding tert-OH is 1. The van der Waals surface area contributed by atoms with Crippen LogP contribution < -0.4 is 5.32 Å². The van der Waals surface area contributed by atoms with Crippen molar-refractivity contribution < 1.29 is 9.90 Å². The Morgan fingerprint density at radius 1 is 1.23 bits per heavy atom. The first-order valence-corrected chi connectivity index (χ1v) is 10.3. The Morgan fingerprint density at radius 2 is 2.07 bits per heavy atom. The van der Waals surface area contributed by atoms with E-state index in [2.05, 4.69) is 20.4 Å². The monoisotopic (exact) mass is 405 g/mol. The predicted molar refractivity (Wildman–Crippen MR) is 114 cm³/mol. The predicted octanol–water partition coefficient (Wildman–Crippen LogP) is 2.73.